The zero-order chi connectivity index (χ0) is 29.6. The summed E-state index contributed by atoms with van der Waals surface area (Å²) in [5.74, 6) is 0. The van der Waals surface area contributed by atoms with E-state index in [4.69, 9.17) is 0 Å². The molecule has 5 aromatic rings. The summed E-state index contributed by atoms with van der Waals surface area (Å²) in [5, 5.41) is 0. The Bertz CT molecular complexity index is 1850. The monoisotopic (exact) mass is 768 g/mol. The van der Waals surface area contributed by atoms with Gasteiger partial charge in [-0.3, -0.25) is 0 Å². The first kappa shape index (κ1) is 38.0. The van der Waals surface area contributed by atoms with E-state index < -0.39 is 10.1 Å². The van der Waals surface area contributed by atoms with Crippen molar-refractivity contribution in [3.8, 4) is 0 Å². The first-order chi connectivity index (χ1) is 21.0. The van der Waals surface area contributed by atoms with Crippen LogP contribution in [0.3, 0.4) is 0 Å². The molecule has 0 amide bonds. The van der Waals surface area contributed by atoms with Gasteiger partial charge in [0, 0.05) is 49.9 Å². The van der Waals surface area contributed by atoms with Crippen LogP contribution in [0.5, 0.6) is 0 Å². The van der Waals surface area contributed by atoms with Gasteiger partial charge >= 0.3 is 29.6 Å². The van der Waals surface area contributed by atoms with Crippen molar-refractivity contribution in [2.24, 2.45) is 0 Å². The molecule has 0 saturated heterocycles. The molecule has 1 saturated carbocycles. The number of halogens is 2. The molecular formula is C37H35Br2N2NaO3S. The van der Waals surface area contributed by atoms with Crippen LogP contribution in [0.2, 0.25) is 0 Å². The minimum absolute atomic E-state index is 0. The first-order valence-electron chi connectivity index (χ1n) is 14.8. The number of aromatic nitrogens is 2. The van der Waals surface area contributed by atoms with Crippen LogP contribution in [0.4, 0.5) is 0 Å². The van der Waals surface area contributed by atoms with Crippen molar-refractivity contribution in [3.05, 3.63) is 162 Å². The summed E-state index contributed by atoms with van der Waals surface area (Å²) in [6, 6.07) is 40.4. The maximum absolute atomic E-state index is 12.1. The number of nitrogens with zero attached hydrogens (tertiary/aromatic N) is 2. The third kappa shape index (κ3) is 9.13. The normalized spacial score (nSPS) is 16.3. The molecule has 232 valence electrons. The van der Waals surface area contributed by atoms with Gasteiger partial charge < -0.3 is 38.5 Å². The van der Waals surface area contributed by atoms with Gasteiger partial charge in [-0.25, -0.2) is 8.42 Å². The molecule has 0 atom stereocenters. The van der Waals surface area contributed by atoms with E-state index >= 15 is 0 Å². The van der Waals surface area contributed by atoms with Crippen molar-refractivity contribution < 1.29 is 85.6 Å². The fraction of sp³-hybridized carbons (Fsp3) is 0.189. The number of rotatable bonds is 8. The Labute approximate surface area is 315 Å². The van der Waals surface area contributed by atoms with Crippen LogP contribution >= 0.6 is 0 Å². The Kier molecular flexibility index (Phi) is 14.6. The Morgan fingerprint density at radius 1 is 0.674 bits per heavy atom. The number of hydrogen-bond donors (Lipinski definition) is 0. The molecule has 0 aliphatic heterocycles. The van der Waals surface area contributed by atoms with E-state index in [-0.39, 0.29) is 68.4 Å². The van der Waals surface area contributed by atoms with E-state index in [0.717, 1.165) is 48.9 Å². The second-order valence-electron chi connectivity index (χ2n) is 11.1. The molecule has 9 heteroatoms. The molecule has 1 aliphatic rings. The predicted molar refractivity (Wildman–Crippen MR) is 167 cm³/mol. The summed E-state index contributed by atoms with van der Waals surface area (Å²) in [6.07, 6.45) is 11.3. The van der Waals surface area contributed by atoms with Gasteiger partial charge in [0.15, 0.2) is 30.2 Å². The summed E-state index contributed by atoms with van der Waals surface area (Å²) in [6.45, 7) is 0. The molecule has 2 aromatic heterocycles. The third-order valence-corrected chi connectivity index (χ3v) is 9.31. The van der Waals surface area contributed by atoms with Crippen molar-refractivity contribution in [3.63, 3.8) is 0 Å². The van der Waals surface area contributed by atoms with Crippen molar-refractivity contribution in [1.29, 1.82) is 0 Å². The fourth-order valence-corrected chi connectivity index (χ4v) is 6.99. The average molecular weight is 771 g/mol. The summed E-state index contributed by atoms with van der Waals surface area (Å²) in [4.78, 5) is -0.211. The van der Waals surface area contributed by atoms with E-state index in [1.54, 1.807) is 18.2 Å². The van der Waals surface area contributed by atoms with Crippen LogP contribution < -0.4 is 72.7 Å². The Morgan fingerprint density at radius 3 is 1.85 bits per heavy atom. The van der Waals surface area contributed by atoms with Gasteiger partial charge in [-0.05, 0) is 34.9 Å². The van der Waals surface area contributed by atoms with Crippen molar-refractivity contribution >= 4 is 21.8 Å². The molecule has 0 spiro atoms. The van der Waals surface area contributed by atoms with Gasteiger partial charge in [0.05, 0.1) is 16.9 Å². The van der Waals surface area contributed by atoms with Crippen LogP contribution in [-0.4, -0.2) is 13.0 Å². The molecule has 3 aromatic carbocycles. The zero-order valence-electron chi connectivity index (χ0n) is 25.8. The summed E-state index contributed by atoms with van der Waals surface area (Å²) >= 11 is 0. The van der Waals surface area contributed by atoms with Crippen LogP contribution in [0.25, 0.3) is 11.6 Å². The van der Waals surface area contributed by atoms with Crippen LogP contribution in [0.1, 0.15) is 65.8 Å². The maximum atomic E-state index is 12.1. The third-order valence-electron chi connectivity index (χ3n) is 8.40. The second-order valence-corrected chi connectivity index (χ2v) is 12.5. The topological polar surface area (TPSA) is 65.0 Å². The number of pyridine rings is 2. The molecule has 0 bridgehead atoms. The zero-order valence-corrected chi connectivity index (χ0v) is 31.7. The van der Waals surface area contributed by atoms with E-state index in [2.05, 4.69) is 82.2 Å². The molecule has 1 fully saturated rings. The molecular weight excluding hydrogens is 735 g/mol. The van der Waals surface area contributed by atoms with Crippen LogP contribution in [0.15, 0.2) is 139 Å². The SMILES string of the molecule is O=S(=O)([O-])c1ccccc1/C=C(\c1ccccc1)c1cccc[n+]1C1CCC([n+]2ccccc2Cc2ccccc2)CC1.[Br-].[Br-].[Na+]. The summed E-state index contributed by atoms with van der Waals surface area (Å²) < 4.78 is 41.1. The van der Waals surface area contributed by atoms with E-state index in [1.165, 1.54) is 17.3 Å². The predicted octanol–water partition coefficient (Wildman–Crippen LogP) is -2.29. The fourth-order valence-electron chi connectivity index (χ4n) is 6.33. The van der Waals surface area contributed by atoms with Gasteiger partial charge in [-0.1, -0.05) is 84.9 Å². The minimum Gasteiger partial charge on any atom is -1.00 e. The Morgan fingerprint density at radius 2 is 1.20 bits per heavy atom. The number of benzene rings is 3. The molecule has 0 unspecified atom stereocenters. The van der Waals surface area contributed by atoms with E-state index in [0.29, 0.717) is 17.6 Å². The molecule has 2 heterocycles. The molecule has 46 heavy (non-hydrogen) atoms. The average Bonchev–Trinajstić information content (AvgIpc) is 3.05. The maximum Gasteiger partial charge on any atom is 1.00 e. The van der Waals surface area contributed by atoms with Crippen LogP contribution in [-0.2, 0) is 16.5 Å². The largest absolute Gasteiger partial charge is 1.00 e. The molecule has 5 nitrogen and oxygen atoms in total. The molecule has 6 rings (SSSR count). The van der Waals surface area contributed by atoms with E-state index in [1.807, 2.05) is 42.5 Å². The van der Waals surface area contributed by atoms with Crippen molar-refractivity contribution in [2.75, 3.05) is 0 Å². The molecule has 0 radical (unpaired) electrons. The Balaban J connectivity index is 0.00000192. The van der Waals surface area contributed by atoms with Crippen molar-refractivity contribution in [2.45, 2.75) is 49.1 Å². The van der Waals surface area contributed by atoms with Gasteiger partial charge in [0.2, 0.25) is 5.69 Å². The summed E-state index contributed by atoms with van der Waals surface area (Å²) in [5.41, 5.74) is 5.86. The molecule has 0 N–H and O–H groups in total. The smallest absolute Gasteiger partial charge is 1.00 e. The second kappa shape index (κ2) is 17.6. The van der Waals surface area contributed by atoms with Crippen molar-refractivity contribution in [1.82, 2.24) is 0 Å². The van der Waals surface area contributed by atoms with E-state index in [9.17, 15) is 13.0 Å². The van der Waals surface area contributed by atoms with Crippen LogP contribution in [0, 0.1) is 0 Å². The van der Waals surface area contributed by atoms with Gasteiger partial charge in [-0.2, -0.15) is 9.13 Å². The molecule has 1 aliphatic carbocycles. The number of hydrogen-bond acceptors (Lipinski definition) is 3. The Hall–Kier alpha value is -2.43. The quantitative estimate of drug-likeness (QED) is 0.0774. The van der Waals surface area contributed by atoms with Gasteiger partial charge in [-0.15, -0.1) is 0 Å². The standard InChI is InChI=1S/C37H35N2O3S.2BrH.Na/c40-43(41,42)37-20-8-7-17-31(37)28-35(30-15-5-2-6-16-30)36-19-10-12-26-39(36)33-23-21-32(22-24-33)38-25-11-9-18-34(38)27-29-13-3-1-4-14-29;;;/h1-20,25-26,28,32-33H,21-24,27H2;2*1H;/q+1;;;+1/p-2/b35-28+;;;. The minimum atomic E-state index is -4.63. The van der Waals surface area contributed by atoms with Gasteiger partial charge in [0.25, 0.3) is 0 Å². The van der Waals surface area contributed by atoms with Gasteiger partial charge in [0.1, 0.15) is 10.1 Å². The summed E-state index contributed by atoms with van der Waals surface area (Å²) in [7, 11) is -4.63. The first-order valence-corrected chi connectivity index (χ1v) is 16.2.